The molecule has 0 radical (unpaired) electrons. The molecule has 0 fully saturated rings. The number of hydrogen-bond acceptors (Lipinski definition) is 4. The Morgan fingerprint density at radius 3 is 2.63 bits per heavy atom. The van der Waals surface area contributed by atoms with Gasteiger partial charge in [-0.1, -0.05) is 24.3 Å². The summed E-state index contributed by atoms with van der Waals surface area (Å²) in [5.41, 5.74) is 4.03. The lowest BCUT2D eigenvalue weighted by Gasteiger charge is -2.16. The van der Waals surface area contributed by atoms with Gasteiger partial charge < -0.3 is 14.6 Å². The molecule has 0 saturated heterocycles. The third-order valence-corrected chi connectivity index (χ3v) is 5.54. The van der Waals surface area contributed by atoms with Crippen LogP contribution < -0.4 is 5.32 Å². The molecule has 2 aromatic carbocycles. The number of carbonyl (C=O) groups is 2. The molecule has 0 aliphatic heterocycles. The summed E-state index contributed by atoms with van der Waals surface area (Å²) in [5.74, 6) is 0.776. The highest BCUT2D eigenvalue weighted by molar-refractivity contribution is 9.10. The molecule has 1 heterocycles. The number of hydrogen-bond donors (Lipinski definition) is 1. The molecule has 0 aliphatic carbocycles. The molecule has 0 bridgehead atoms. The van der Waals surface area contributed by atoms with E-state index in [4.69, 9.17) is 4.42 Å². The molecular weight excluding hydrogens is 446 g/mol. The van der Waals surface area contributed by atoms with Crippen molar-refractivity contribution in [2.75, 3.05) is 18.9 Å². The van der Waals surface area contributed by atoms with Gasteiger partial charge in [0.05, 0.1) is 18.4 Å². The van der Waals surface area contributed by atoms with Crippen LogP contribution in [-0.4, -0.2) is 35.3 Å². The Bertz CT molecular complexity index is 1060. The molecule has 0 aliphatic rings. The van der Waals surface area contributed by atoms with E-state index >= 15 is 0 Å². The molecule has 7 heteroatoms. The van der Waals surface area contributed by atoms with Crippen molar-refractivity contribution in [3.63, 3.8) is 0 Å². The van der Waals surface area contributed by atoms with E-state index in [2.05, 4.69) is 46.1 Å². The first-order valence-corrected chi connectivity index (χ1v) is 10.4. The highest BCUT2D eigenvalue weighted by Crippen LogP contribution is 2.23. The average molecular weight is 470 g/mol. The maximum Gasteiger partial charge on any atom is 0.244 e. The molecule has 6 nitrogen and oxygen atoms in total. The SMILES string of the molecule is Cc1ccc(-c2cnc(CCC(=O)N(C)CC(=O)Nc3ccccc3Br)o2)cc1C. The Morgan fingerprint density at radius 1 is 1.13 bits per heavy atom. The van der Waals surface area contributed by atoms with Gasteiger partial charge in [0.2, 0.25) is 11.8 Å². The smallest absolute Gasteiger partial charge is 0.244 e. The number of para-hydroxylation sites is 1. The third-order valence-electron chi connectivity index (χ3n) is 4.85. The summed E-state index contributed by atoms with van der Waals surface area (Å²) < 4.78 is 6.59. The van der Waals surface area contributed by atoms with Gasteiger partial charge in [0.1, 0.15) is 0 Å². The van der Waals surface area contributed by atoms with Crippen LogP contribution in [0, 0.1) is 13.8 Å². The highest BCUT2D eigenvalue weighted by Gasteiger charge is 2.15. The van der Waals surface area contributed by atoms with Crippen molar-refractivity contribution in [2.24, 2.45) is 0 Å². The van der Waals surface area contributed by atoms with Crippen LogP contribution >= 0.6 is 15.9 Å². The number of oxazole rings is 1. The first-order valence-electron chi connectivity index (χ1n) is 9.64. The van der Waals surface area contributed by atoms with E-state index in [1.807, 2.05) is 30.3 Å². The number of carbonyl (C=O) groups excluding carboxylic acids is 2. The molecule has 3 aromatic rings. The molecule has 0 unspecified atom stereocenters. The first kappa shape index (κ1) is 21.8. The zero-order valence-corrected chi connectivity index (χ0v) is 18.8. The monoisotopic (exact) mass is 469 g/mol. The van der Waals surface area contributed by atoms with E-state index in [1.54, 1.807) is 19.3 Å². The van der Waals surface area contributed by atoms with Gasteiger partial charge in [-0.3, -0.25) is 9.59 Å². The fourth-order valence-corrected chi connectivity index (χ4v) is 3.30. The lowest BCUT2D eigenvalue weighted by molar-refractivity contribution is -0.133. The van der Waals surface area contributed by atoms with Crippen LogP contribution in [0.2, 0.25) is 0 Å². The van der Waals surface area contributed by atoms with Gasteiger partial charge in [-0.05, 0) is 59.1 Å². The van der Waals surface area contributed by atoms with Gasteiger partial charge >= 0.3 is 0 Å². The first-order chi connectivity index (χ1) is 14.3. The number of amides is 2. The van der Waals surface area contributed by atoms with E-state index in [0.29, 0.717) is 23.8 Å². The Labute approximate surface area is 184 Å². The van der Waals surface area contributed by atoms with Crippen molar-refractivity contribution in [1.29, 1.82) is 0 Å². The molecule has 1 N–H and O–H groups in total. The predicted octanol–water partition coefficient (Wildman–Crippen LogP) is 4.75. The second-order valence-electron chi connectivity index (χ2n) is 7.20. The summed E-state index contributed by atoms with van der Waals surface area (Å²) in [6.07, 6.45) is 2.27. The van der Waals surface area contributed by atoms with Crippen molar-refractivity contribution in [2.45, 2.75) is 26.7 Å². The average Bonchev–Trinajstić information content (AvgIpc) is 3.19. The fraction of sp³-hybridized carbons (Fsp3) is 0.261. The van der Waals surface area contributed by atoms with E-state index in [9.17, 15) is 9.59 Å². The number of likely N-dealkylation sites (N-methyl/N-ethyl adjacent to an activating group) is 1. The summed E-state index contributed by atoms with van der Waals surface area (Å²) in [6.45, 7) is 4.09. The minimum Gasteiger partial charge on any atom is -0.441 e. The lowest BCUT2D eigenvalue weighted by Crippen LogP contribution is -2.35. The Hall–Kier alpha value is -2.93. The molecular formula is C23H24BrN3O3. The Kier molecular flexibility index (Phi) is 7.05. The summed E-state index contributed by atoms with van der Waals surface area (Å²) in [6, 6.07) is 13.4. The molecule has 0 atom stereocenters. The number of nitrogens with one attached hydrogen (secondary N) is 1. The highest BCUT2D eigenvalue weighted by atomic mass is 79.9. The second-order valence-corrected chi connectivity index (χ2v) is 8.05. The number of anilines is 1. The van der Waals surface area contributed by atoms with E-state index in [0.717, 1.165) is 10.0 Å². The summed E-state index contributed by atoms with van der Waals surface area (Å²) >= 11 is 3.38. The summed E-state index contributed by atoms with van der Waals surface area (Å²) in [5, 5.41) is 2.79. The van der Waals surface area contributed by atoms with Crippen LogP contribution in [0.3, 0.4) is 0 Å². The predicted molar refractivity (Wildman–Crippen MR) is 120 cm³/mol. The fourth-order valence-electron chi connectivity index (χ4n) is 2.91. The van der Waals surface area contributed by atoms with Crippen molar-refractivity contribution in [1.82, 2.24) is 9.88 Å². The van der Waals surface area contributed by atoms with E-state index in [1.165, 1.54) is 16.0 Å². The standard InChI is InChI=1S/C23H24BrN3O3/c1-15-8-9-17(12-16(15)2)20-13-25-22(30-20)10-11-23(29)27(3)14-21(28)26-19-7-5-4-6-18(19)24/h4-9,12-13H,10-11,14H2,1-3H3,(H,26,28). The molecule has 30 heavy (non-hydrogen) atoms. The topological polar surface area (TPSA) is 75.4 Å². The van der Waals surface area contributed by atoms with Crippen molar-refractivity contribution < 1.29 is 14.0 Å². The number of rotatable bonds is 7. The zero-order chi connectivity index (χ0) is 21.7. The molecule has 2 amide bonds. The van der Waals surface area contributed by atoms with Crippen LogP contribution in [0.4, 0.5) is 5.69 Å². The third kappa shape index (κ3) is 5.57. The minimum absolute atomic E-state index is 0.0281. The maximum atomic E-state index is 12.4. The lowest BCUT2D eigenvalue weighted by atomic mass is 10.1. The molecule has 0 saturated carbocycles. The zero-order valence-electron chi connectivity index (χ0n) is 17.2. The van der Waals surface area contributed by atoms with Crippen LogP contribution in [0.1, 0.15) is 23.4 Å². The number of halogens is 1. The molecule has 3 rings (SSSR count). The van der Waals surface area contributed by atoms with Gasteiger partial charge in [-0.25, -0.2) is 4.98 Å². The summed E-state index contributed by atoms with van der Waals surface area (Å²) in [7, 11) is 1.61. The molecule has 1 aromatic heterocycles. The number of benzene rings is 2. The van der Waals surface area contributed by atoms with Gasteiger partial charge in [-0.2, -0.15) is 0 Å². The van der Waals surface area contributed by atoms with E-state index < -0.39 is 0 Å². The van der Waals surface area contributed by atoms with Crippen molar-refractivity contribution in [3.05, 3.63) is 70.2 Å². The van der Waals surface area contributed by atoms with Gasteiger partial charge in [0, 0.05) is 29.9 Å². The molecule has 156 valence electrons. The quantitative estimate of drug-likeness (QED) is 0.541. The minimum atomic E-state index is -0.258. The maximum absolute atomic E-state index is 12.4. The number of aromatic nitrogens is 1. The normalized spacial score (nSPS) is 10.7. The van der Waals surface area contributed by atoms with Crippen molar-refractivity contribution >= 4 is 33.4 Å². The number of nitrogens with zero attached hydrogens (tertiary/aromatic N) is 2. The second kappa shape index (κ2) is 9.71. The Morgan fingerprint density at radius 2 is 1.90 bits per heavy atom. The molecule has 0 spiro atoms. The van der Waals surface area contributed by atoms with Gasteiger partial charge in [0.25, 0.3) is 0 Å². The number of aryl methyl sites for hydroxylation is 3. The van der Waals surface area contributed by atoms with Crippen LogP contribution in [0.15, 0.2) is 57.6 Å². The van der Waals surface area contributed by atoms with Crippen LogP contribution in [-0.2, 0) is 16.0 Å². The van der Waals surface area contributed by atoms with Crippen LogP contribution in [0.25, 0.3) is 11.3 Å². The summed E-state index contributed by atoms with van der Waals surface area (Å²) in [4.78, 5) is 30.3. The van der Waals surface area contributed by atoms with E-state index in [-0.39, 0.29) is 24.8 Å². The van der Waals surface area contributed by atoms with Gasteiger partial charge in [0.15, 0.2) is 11.7 Å². The Balaban J connectivity index is 1.51. The largest absolute Gasteiger partial charge is 0.441 e. The van der Waals surface area contributed by atoms with Gasteiger partial charge in [-0.15, -0.1) is 0 Å². The van der Waals surface area contributed by atoms with Crippen molar-refractivity contribution in [3.8, 4) is 11.3 Å². The van der Waals surface area contributed by atoms with Crippen LogP contribution in [0.5, 0.6) is 0 Å².